The molecule has 1 atom stereocenters. The summed E-state index contributed by atoms with van der Waals surface area (Å²) in [6, 6.07) is 10.3. The van der Waals surface area contributed by atoms with E-state index in [2.05, 4.69) is 5.32 Å². The maximum absolute atomic E-state index is 12.1. The van der Waals surface area contributed by atoms with Crippen molar-refractivity contribution in [2.24, 2.45) is 0 Å². The highest BCUT2D eigenvalue weighted by molar-refractivity contribution is 5.79. The third-order valence-corrected chi connectivity index (χ3v) is 3.22. The minimum absolute atomic E-state index is 0.0963. The number of para-hydroxylation sites is 2. The molecule has 1 N–H and O–H groups in total. The van der Waals surface area contributed by atoms with Crippen molar-refractivity contribution in [2.75, 3.05) is 0 Å². The van der Waals surface area contributed by atoms with Gasteiger partial charge in [0.2, 0.25) is 5.91 Å². The largest absolute Gasteiger partial charge is 0.467 e. The molecule has 0 saturated heterocycles. The normalized spacial score (nSPS) is 12.4. The fourth-order valence-electron chi connectivity index (χ4n) is 2.20. The van der Waals surface area contributed by atoms with Gasteiger partial charge < -0.3 is 14.2 Å². The zero-order valence-electron chi connectivity index (χ0n) is 11.4. The Kier molecular flexibility index (Phi) is 3.35. The SMILES string of the molecule is CC(NC(=O)Cn1c(=O)oc2ccccc21)c1ccco1. The van der Waals surface area contributed by atoms with Gasteiger partial charge in [-0.05, 0) is 31.2 Å². The first kappa shape index (κ1) is 13.2. The summed E-state index contributed by atoms with van der Waals surface area (Å²) in [6.45, 7) is 1.72. The molecule has 2 aromatic heterocycles. The van der Waals surface area contributed by atoms with Crippen molar-refractivity contribution in [3.05, 3.63) is 59.0 Å². The molecule has 21 heavy (non-hydrogen) atoms. The molecule has 6 nitrogen and oxygen atoms in total. The molecular weight excluding hydrogens is 272 g/mol. The van der Waals surface area contributed by atoms with Crippen molar-refractivity contribution in [3.63, 3.8) is 0 Å². The molecule has 3 aromatic rings. The first-order chi connectivity index (χ1) is 10.1. The standard InChI is InChI=1S/C15H14N2O4/c1-10(12-7-4-8-20-12)16-14(18)9-17-11-5-2-3-6-13(11)21-15(17)19/h2-8,10H,9H2,1H3,(H,16,18). The number of carbonyl (C=O) groups excluding carboxylic acids is 1. The molecule has 0 aliphatic rings. The average molecular weight is 286 g/mol. The van der Waals surface area contributed by atoms with E-state index in [-0.39, 0.29) is 18.5 Å². The van der Waals surface area contributed by atoms with Crippen LogP contribution in [0.3, 0.4) is 0 Å². The van der Waals surface area contributed by atoms with Gasteiger partial charge in [-0.25, -0.2) is 4.79 Å². The van der Waals surface area contributed by atoms with Gasteiger partial charge in [-0.3, -0.25) is 9.36 Å². The lowest BCUT2D eigenvalue weighted by molar-refractivity contribution is -0.122. The molecule has 6 heteroatoms. The van der Waals surface area contributed by atoms with Crippen LogP contribution in [0.4, 0.5) is 0 Å². The van der Waals surface area contributed by atoms with E-state index >= 15 is 0 Å². The predicted octanol–water partition coefficient (Wildman–Crippen LogP) is 2.06. The van der Waals surface area contributed by atoms with Crippen LogP contribution in [0.2, 0.25) is 0 Å². The van der Waals surface area contributed by atoms with Gasteiger partial charge in [0.25, 0.3) is 0 Å². The van der Waals surface area contributed by atoms with E-state index in [0.29, 0.717) is 16.9 Å². The highest BCUT2D eigenvalue weighted by Gasteiger charge is 2.15. The minimum Gasteiger partial charge on any atom is -0.467 e. The molecule has 108 valence electrons. The third kappa shape index (κ3) is 2.60. The van der Waals surface area contributed by atoms with E-state index in [1.165, 1.54) is 4.57 Å². The van der Waals surface area contributed by atoms with Crippen LogP contribution in [0.1, 0.15) is 18.7 Å². The smallest absolute Gasteiger partial charge is 0.420 e. The Bertz CT molecular complexity index is 814. The molecule has 1 aromatic carbocycles. The van der Waals surface area contributed by atoms with E-state index in [0.717, 1.165) is 0 Å². The summed E-state index contributed by atoms with van der Waals surface area (Å²) in [7, 11) is 0. The first-order valence-electron chi connectivity index (χ1n) is 6.56. The molecule has 0 spiro atoms. The Morgan fingerprint density at radius 2 is 2.10 bits per heavy atom. The lowest BCUT2D eigenvalue weighted by Crippen LogP contribution is -2.32. The van der Waals surface area contributed by atoms with Crippen molar-refractivity contribution in [2.45, 2.75) is 19.5 Å². The summed E-state index contributed by atoms with van der Waals surface area (Å²) in [5, 5.41) is 2.78. The predicted molar refractivity (Wildman–Crippen MR) is 75.7 cm³/mol. The van der Waals surface area contributed by atoms with Crippen LogP contribution in [-0.2, 0) is 11.3 Å². The molecule has 3 rings (SSSR count). The van der Waals surface area contributed by atoms with Crippen molar-refractivity contribution in [3.8, 4) is 0 Å². The maximum Gasteiger partial charge on any atom is 0.420 e. The molecule has 0 aliphatic carbocycles. The average Bonchev–Trinajstić information content (AvgIpc) is 3.08. The second kappa shape index (κ2) is 5.32. The summed E-state index contributed by atoms with van der Waals surface area (Å²) in [6.07, 6.45) is 1.55. The number of aromatic nitrogens is 1. The highest BCUT2D eigenvalue weighted by Crippen LogP contribution is 2.13. The lowest BCUT2D eigenvalue weighted by Gasteiger charge is -2.11. The van der Waals surface area contributed by atoms with Crippen LogP contribution in [0.15, 0.2) is 56.3 Å². The van der Waals surface area contributed by atoms with Crippen LogP contribution in [0, 0.1) is 0 Å². The zero-order valence-corrected chi connectivity index (χ0v) is 11.4. The van der Waals surface area contributed by atoms with E-state index in [9.17, 15) is 9.59 Å². The number of nitrogens with one attached hydrogen (secondary N) is 1. The van der Waals surface area contributed by atoms with Crippen molar-refractivity contribution >= 4 is 17.0 Å². The van der Waals surface area contributed by atoms with Crippen LogP contribution in [0.5, 0.6) is 0 Å². The topological polar surface area (TPSA) is 77.4 Å². The minimum atomic E-state index is -0.544. The number of furan rings is 1. The molecule has 2 heterocycles. The molecule has 0 aliphatic heterocycles. The van der Waals surface area contributed by atoms with Gasteiger partial charge in [0, 0.05) is 0 Å². The fourth-order valence-corrected chi connectivity index (χ4v) is 2.20. The highest BCUT2D eigenvalue weighted by atomic mass is 16.4. The summed E-state index contributed by atoms with van der Waals surface area (Å²) in [5.41, 5.74) is 1.07. The van der Waals surface area contributed by atoms with Crippen LogP contribution >= 0.6 is 0 Å². The summed E-state index contributed by atoms with van der Waals surface area (Å²) >= 11 is 0. The van der Waals surface area contributed by atoms with E-state index in [1.807, 2.05) is 6.92 Å². The summed E-state index contributed by atoms with van der Waals surface area (Å²) in [5.74, 6) is -0.169. The quantitative estimate of drug-likeness (QED) is 0.796. The fraction of sp³-hybridized carbons (Fsp3) is 0.200. The van der Waals surface area contributed by atoms with Gasteiger partial charge in [0.15, 0.2) is 5.58 Å². The molecule has 1 amide bonds. The Hall–Kier alpha value is -2.76. The maximum atomic E-state index is 12.1. The van der Waals surface area contributed by atoms with Crippen molar-refractivity contribution < 1.29 is 13.6 Å². The van der Waals surface area contributed by atoms with Gasteiger partial charge in [0.05, 0.1) is 17.8 Å². The van der Waals surface area contributed by atoms with Crippen molar-refractivity contribution in [1.82, 2.24) is 9.88 Å². The van der Waals surface area contributed by atoms with Gasteiger partial charge in [-0.1, -0.05) is 12.1 Å². The number of oxazole rings is 1. The van der Waals surface area contributed by atoms with E-state index in [1.54, 1.807) is 42.7 Å². The molecule has 0 radical (unpaired) electrons. The zero-order chi connectivity index (χ0) is 14.8. The number of hydrogen-bond donors (Lipinski definition) is 1. The Morgan fingerprint density at radius 1 is 1.29 bits per heavy atom. The van der Waals surface area contributed by atoms with Crippen LogP contribution < -0.4 is 11.1 Å². The number of nitrogens with zero attached hydrogens (tertiary/aromatic N) is 1. The second-order valence-electron chi connectivity index (χ2n) is 4.73. The third-order valence-electron chi connectivity index (χ3n) is 3.22. The molecular formula is C15H14N2O4. The number of carbonyl (C=O) groups is 1. The van der Waals surface area contributed by atoms with Gasteiger partial charge in [-0.2, -0.15) is 0 Å². The first-order valence-corrected chi connectivity index (χ1v) is 6.56. The van der Waals surface area contributed by atoms with Gasteiger partial charge in [-0.15, -0.1) is 0 Å². The Labute approximate surface area is 120 Å². The van der Waals surface area contributed by atoms with Crippen LogP contribution in [-0.4, -0.2) is 10.5 Å². The number of amides is 1. The molecule has 0 bridgehead atoms. The van der Waals surface area contributed by atoms with Crippen molar-refractivity contribution in [1.29, 1.82) is 0 Å². The van der Waals surface area contributed by atoms with E-state index in [4.69, 9.17) is 8.83 Å². The summed E-state index contributed by atoms with van der Waals surface area (Å²) in [4.78, 5) is 23.8. The monoisotopic (exact) mass is 286 g/mol. The Morgan fingerprint density at radius 3 is 2.86 bits per heavy atom. The lowest BCUT2D eigenvalue weighted by atomic mass is 10.2. The number of benzene rings is 1. The number of hydrogen-bond acceptors (Lipinski definition) is 4. The molecule has 0 fully saturated rings. The molecule has 0 saturated carbocycles. The number of rotatable bonds is 4. The second-order valence-corrected chi connectivity index (χ2v) is 4.73. The summed E-state index contributed by atoms with van der Waals surface area (Å²) < 4.78 is 11.6. The van der Waals surface area contributed by atoms with E-state index < -0.39 is 5.76 Å². The number of fused-ring (bicyclic) bond motifs is 1. The van der Waals surface area contributed by atoms with Gasteiger partial charge in [0.1, 0.15) is 12.3 Å². The Balaban J connectivity index is 1.78. The van der Waals surface area contributed by atoms with Gasteiger partial charge >= 0.3 is 5.76 Å². The molecule has 1 unspecified atom stereocenters. The van der Waals surface area contributed by atoms with Crippen LogP contribution in [0.25, 0.3) is 11.1 Å².